The molecule has 0 spiro atoms. The highest BCUT2D eigenvalue weighted by Gasteiger charge is 2.21. The van der Waals surface area contributed by atoms with Gasteiger partial charge in [0.25, 0.3) is 0 Å². The molecule has 0 fully saturated rings. The van der Waals surface area contributed by atoms with Gasteiger partial charge in [-0.15, -0.1) is 5.10 Å². The molecule has 3 aromatic rings. The quantitative estimate of drug-likeness (QED) is 0.746. The molecule has 0 aliphatic heterocycles. The van der Waals surface area contributed by atoms with Gasteiger partial charge in [-0.2, -0.15) is 5.26 Å². The second-order valence-electron chi connectivity index (χ2n) is 4.64. The highest BCUT2D eigenvalue weighted by atomic mass is 19.1. The zero-order valence-corrected chi connectivity index (χ0v) is 11.4. The Bertz CT molecular complexity index is 830. The summed E-state index contributed by atoms with van der Waals surface area (Å²) in [4.78, 5) is 0. The predicted octanol–water partition coefficient (Wildman–Crippen LogP) is 3.14. The number of aromatic nitrogens is 3. The van der Waals surface area contributed by atoms with Crippen LogP contribution in [0.2, 0.25) is 0 Å². The van der Waals surface area contributed by atoms with E-state index < -0.39 is 11.6 Å². The van der Waals surface area contributed by atoms with Gasteiger partial charge in [0.05, 0.1) is 12.1 Å². The first-order valence-corrected chi connectivity index (χ1v) is 6.52. The molecule has 1 aromatic heterocycles. The monoisotopic (exact) mass is 296 g/mol. The van der Waals surface area contributed by atoms with Crippen molar-refractivity contribution in [1.29, 1.82) is 5.26 Å². The highest BCUT2D eigenvalue weighted by Crippen LogP contribution is 2.26. The van der Waals surface area contributed by atoms with E-state index in [4.69, 9.17) is 0 Å². The second-order valence-corrected chi connectivity index (χ2v) is 4.64. The molecule has 0 bridgehead atoms. The minimum absolute atomic E-state index is 0.0212. The number of rotatable bonds is 3. The van der Waals surface area contributed by atoms with Crippen LogP contribution in [-0.2, 0) is 6.54 Å². The van der Waals surface area contributed by atoms with Gasteiger partial charge in [0.1, 0.15) is 23.4 Å². The van der Waals surface area contributed by atoms with E-state index in [1.807, 2.05) is 36.4 Å². The first-order valence-electron chi connectivity index (χ1n) is 6.52. The zero-order chi connectivity index (χ0) is 15.5. The van der Waals surface area contributed by atoms with E-state index >= 15 is 0 Å². The molecule has 6 heteroatoms. The third-order valence-electron chi connectivity index (χ3n) is 3.22. The van der Waals surface area contributed by atoms with Gasteiger partial charge in [-0.25, -0.2) is 13.5 Å². The van der Waals surface area contributed by atoms with Crippen LogP contribution in [0.5, 0.6) is 0 Å². The minimum Gasteiger partial charge on any atom is -0.230 e. The molecule has 0 aliphatic rings. The van der Waals surface area contributed by atoms with Crippen LogP contribution in [0.3, 0.4) is 0 Å². The molecule has 0 radical (unpaired) electrons. The summed E-state index contributed by atoms with van der Waals surface area (Å²) in [6.45, 7) is 0.298. The van der Waals surface area contributed by atoms with Crippen molar-refractivity contribution in [3.8, 4) is 17.3 Å². The highest BCUT2D eigenvalue weighted by molar-refractivity contribution is 5.65. The summed E-state index contributed by atoms with van der Waals surface area (Å²) >= 11 is 0. The van der Waals surface area contributed by atoms with Gasteiger partial charge in [-0.05, 0) is 17.7 Å². The Labute approximate surface area is 125 Å². The fraction of sp³-hybridized carbons (Fsp3) is 0.0625. The Kier molecular flexibility index (Phi) is 3.62. The number of benzene rings is 2. The van der Waals surface area contributed by atoms with Gasteiger partial charge < -0.3 is 0 Å². The second kappa shape index (κ2) is 5.74. The summed E-state index contributed by atoms with van der Waals surface area (Å²) in [5.41, 5.74) is 0.504. The molecule has 108 valence electrons. The standard InChI is InChI=1S/C16H10F2N4/c17-12-7-4-8-13(18)15(12)16-14(9-19)22(21-20-16)10-11-5-2-1-3-6-11/h1-8H,10H2. The number of nitriles is 1. The molecule has 0 unspecified atom stereocenters. The van der Waals surface area contributed by atoms with Gasteiger partial charge >= 0.3 is 0 Å². The topological polar surface area (TPSA) is 54.5 Å². The Hall–Kier alpha value is -3.07. The van der Waals surface area contributed by atoms with Gasteiger partial charge in [0.15, 0.2) is 5.69 Å². The van der Waals surface area contributed by atoms with Crippen molar-refractivity contribution < 1.29 is 8.78 Å². The Morgan fingerprint density at radius 1 is 1.00 bits per heavy atom. The van der Waals surface area contributed by atoms with Crippen LogP contribution in [-0.4, -0.2) is 15.0 Å². The van der Waals surface area contributed by atoms with E-state index in [2.05, 4.69) is 10.3 Å². The molecule has 4 nitrogen and oxygen atoms in total. The zero-order valence-electron chi connectivity index (χ0n) is 11.4. The van der Waals surface area contributed by atoms with E-state index in [0.717, 1.165) is 17.7 Å². The summed E-state index contributed by atoms with van der Waals surface area (Å²) in [7, 11) is 0. The van der Waals surface area contributed by atoms with E-state index in [9.17, 15) is 14.0 Å². The molecule has 0 N–H and O–H groups in total. The molecule has 22 heavy (non-hydrogen) atoms. The average molecular weight is 296 g/mol. The van der Waals surface area contributed by atoms with Crippen molar-refractivity contribution in [3.63, 3.8) is 0 Å². The van der Waals surface area contributed by atoms with Gasteiger partial charge in [-0.3, -0.25) is 0 Å². The van der Waals surface area contributed by atoms with E-state index in [1.54, 1.807) is 0 Å². The fourth-order valence-electron chi connectivity index (χ4n) is 2.18. The summed E-state index contributed by atoms with van der Waals surface area (Å²) in [6, 6.07) is 14.7. The van der Waals surface area contributed by atoms with Crippen LogP contribution in [0.25, 0.3) is 11.3 Å². The van der Waals surface area contributed by atoms with Gasteiger partial charge in [-0.1, -0.05) is 41.6 Å². The molecule has 1 heterocycles. The maximum atomic E-state index is 13.9. The van der Waals surface area contributed by atoms with Gasteiger partial charge in [0.2, 0.25) is 0 Å². The van der Waals surface area contributed by atoms with Crippen molar-refractivity contribution in [1.82, 2.24) is 15.0 Å². The number of nitrogens with zero attached hydrogens (tertiary/aromatic N) is 4. The van der Waals surface area contributed by atoms with E-state index in [-0.39, 0.29) is 17.0 Å². The molecular weight excluding hydrogens is 286 g/mol. The van der Waals surface area contributed by atoms with Crippen molar-refractivity contribution in [2.45, 2.75) is 6.54 Å². The Balaban J connectivity index is 2.07. The lowest BCUT2D eigenvalue weighted by atomic mass is 10.1. The summed E-state index contributed by atoms with van der Waals surface area (Å²) in [5, 5.41) is 17.0. The van der Waals surface area contributed by atoms with Crippen molar-refractivity contribution in [3.05, 3.63) is 71.4 Å². The number of hydrogen-bond donors (Lipinski definition) is 0. The maximum absolute atomic E-state index is 13.9. The number of halogens is 2. The lowest BCUT2D eigenvalue weighted by molar-refractivity contribution is 0.588. The molecule has 0 saturated carbocycles. The summed E-state index contributed by atoms with van der Waals surface area (Å²) in [6.07, 6.45) is 0. The molecule has 0 aliphatic carbocycles. The van der Waals surface area contributed by atoms with Crippen LogP contribution in [0, 0.1) is 23.0 Å². The predicted molar refractivity (Wildman–Crippen MR) is 75.6 cm³/mol. The summed E-state index contributed by atoms with van der Waals surface area (Å²) < 4.78 is 29.1. The SMILES string of the molecule is N#Cc1c(-c2c(F)cccc2F)nnn1Cc1ccccc1. The lowest BCUT2D eigenvalue weighted by Crippen LogP contribution is -2.04. The maximum Gasteiger partial charge on any atom is 0.167 e. The molecule has 3 rings (SSSR count). The van der Waals surface area contributed by atoms with Crippen LogP contribution < -0.4 is 0 Å². The molecule has 2 aromatic carbocycles. The fourth-order valence-corrected chi connectivity index (χ4v) is 2.18. The summed E-state index contributed by atoms with van der Waals surface area (Å²) in [5.74, 6) is -1.55. The minimum atomic E-state index is -0.775. The molecule has 0 saturated heterocycles. The van der Waals surface area contributed by atoms with Crippen LogP contribution in [0.4, 0.5) is 8.78 Å². The first kappa shape index (κ1) is 13.9. The van der Waals surface area contributed by atoms with Crippen molar-refractivity contribution in [2.75, 3.05) is 0 Å². The third-order valence-corrected chi connectivity index (χ3v) is 3.22. The normalized spacial score (nSPS) is 10.4. The van der Waals surface area contributed by atoms with Crippen molar-refractivity contribution in [2.24, 2.45) is 0 Å². The largest absolute Gasteiger partial charge is 0.230 e. The molecular formula is C16H10F2N4. The molecule has 0 amide bonds. The van der Waals surface area contributed by atoms with Crippen LogP contribution in [0.1, 0.15) is 11.3 Å². The van der Waals surface area contributed by atoms with E-state index in [1.165, 1.54) is 10.7 Å². The van der Waals surface area contributed by atoms with Crippen LogP contribution >= 0.6 is 0 Å². The average Bonchev–Trinajstić information content (AvgIpc) is 2.90. The van der Waals surface area contributed by atoms with Crippen LogP contribution in [0.15, 0.2) is 48.5 Å². The Morgan fingerprint density at radius 2 is 1.68 bits per heavy atom. The lowest BCUT2D eigenvalue weighted by Gasteiger charge is -2.04. The van der Waals surface area contributed by atoms with Crippen molar-refractivity contribution >= 4 is 0 Å². The van der Waals surface area contributed by atoms with E-state index in [0.29, 0.717) is 6.54 Å². The third kappa shape index (κ3) is 2.44. The number of hydrogen-bond acceptors (Lipinski definition) is 3. The Morgan fingerprint density at radius 3 is 2.32 bits per heavy atom. The first-order chi connectivity index (χ1) is 10.7. The smallest absolute Gasteiger partial charge is 0.167 e. The molecule has 0 atom stereocenters. The van der Waals surface area contributed by atoms with Gasteiger partial charge in [0, 0.05) is 0 Å².